The lowest BCUT2D eigenvalue weighted by Crippen LogP contribution is -2.34. The molecule has 0 aromatic carbocycles. The van der Waals surface area contributed by atoms with Crippen molar-refractivity contribution in [1.82, 2.24) is 5.32 Å². The summed E-state index contributed by atoms with van der Waals surface area (Å²) < 4.78 is 0. The van der Waals surface area contributed by atoms with E-state index in [2.05, 4.69) is 10.2 Å². The van der Waals surface area contributed by atoms with E-state index in [-0.39, 0.29) is 5.91 Å². The van der Waals surface area contributed by atoms with Crippen molar-refractivity contribution < 1.29 is 14.9 Å². The summed E-state index contributed by atoms with van der Waals surface area (Å²) in [7, 11) is 0. The Hall–Kier alpha value is -0.610. The van der Waals surface area contributed by atoms with Crippen molar-refractivity contribution in [3.05, 3.63) is 0 Å². The highest BCUT2D eigenvalue weighted by atomic mass is 17.1. The summed E-state index contributed by atoms with van der Waals surface area (Å²) >= 11 is 0. The van der Waals surface area contributed by atoms with E-state index in [4.69, 9.17) is 5.26 Å². The fourth-order valence-corrected chi connectivity index (χ4v) is 1.02. The van der Waals surface area contributed by atoms with E-state index in [0.29, 0.717) is 12.8 Å². The molecule has 4 heteroatoms. The van der Waals surface area contributed by atoms with E-state index in [0.717, 1.165) is 12.8 Å². The molecule has 1 fully saturated rings. The third kappa shape index (κ3) is 1.97. The van der Waals surface area contributed by atoms with E-state index in [1.54, 1.807) is 0 Å². The van der Waals surface area contributed by atoms with Crippen LogP contribution < -0.4 is 5.32 Å². The summed E-state index contributed by atoms with van der Waals surface area (Å²) in [5, 5.41) is 10.7. The van der Waals surface area contributed by atoms with Gasteiger partial charge in [0.05, 0.1) is 0 Å². The van der Waals surface area contributed by atoms with Crippen LogP contribution in [0.2, 0.25) is 0 Å². The molecule has 1 rings (SSSR count). The van der Waals surface area contributed by atoms with Crippen LogP contribution in [-0.2, 0) is 9.68 Å². The van der Waals surface area contributed by atoms with Crippen LogP contribution in [0.4, 0.5) is 0 Å². The Morgan fingerprint density at radius 3 is 3.10 bits per heavy atom. The number of nitrogens with one attached hydrogen (secondary N) is 1. The van der Waals surface area contributed by atoms with Gasteiger partial charge in [0.15, 0.2) is 6.23 Å². The minimum Gasteiger partial charge on any atom is -0.328 e. The Balaban J connectivity index is 2.38. The Bertz CT molecular complexity index is 126. The van der Waals surface area contributed by atoms with Gasteiger partial charge in [-0.2, -0.15) is 0 Å². The maximum absolute atomic E-state index is 10.8. The quantitative estimate of drug-likeness (QED) is 0.417. The summed E-state index contributed by atoms with van der Waals surface area (Å²) in [6.45, 7) is 0. The predicted octanol–water partition coefficient (Wildman–Crippen LogP) is 0.492. The van der Waals surface area contributed by atoms with Gasteiger partial charge in [0.1, 0.15) is 0 Å². The SMILES string of the molecule is O=C1CCCCC(OO)N1. The largest absolute Gasteiger partial charge is 0.328 e. The summed E-state index contributed by atoms with van der Waals surface area (Å²) in [4.78, 5) is 14.8. The molecule has 1 saturated heterocycles. The lowest BCUT2D eigenvalue weighted by atomic mass is 10.2. The van der Waals surface area contributed by atoms with Gasteiger partial charge in [0, 0.05) is 6.42 Å². The third-order valence-electron chi connectivity index (χ3n) is 1.57. The van der Waals surface area contributed by atoms with Crippen LogP contribution in [-0.4, -0.2) is 17.4 Å². The molecule has 1 amide bonds. The van der Waals surface area contributed by atoms with Crippen LogP contribution in [0.5, 0.6) is 0 Å². The molecule has 1 unspecified atom stereocenters. The number of hydrogen-bond donors (Lipinski definition) is 2. The Morgan fingerprint density at radius 2 is 2.40 bits per heavy atom. The van der Waals surface area contributed by atoms with Gasteiger partial charge in [0.2, 0.25) is 5.91 Å². The molecule has 1 aliphatic heterocycles. The lowest BCUT2D eigenvalue weighted by Gasteiger charge is -2.09. The first-order valence-corrected chi connectivity index (χ1v) is 3.42. The van der Waals surface area contributed by atoms with Crippen LogP contribution in [0.1, 0.15) is 25.7 Å². The molecule has 0 saturated carbocycles. The van der Waals surface area contributed by atoms with Gasteiger partial charge >= 0.3 is 0 Å². The molecule has 1 heterocycles. The van der Waals surface area contributed by atoms with E-state index in [1.165, 1.54) is 0 Å². The molecule has 0 aliphatic carbocycles. The molecular weight excluding hydrogens is 134 g/mol. The fraction of sp³-hybridized carbons (Fsp3) is 0.833. The second-order valence-electron chi connectivity index (χ2n) is 2.41. The van der Waals surface area contributed by atoms with Gasteiger partial charge in [-0.1, -0.05) is 0 Å². The van der Waals surface area contributed by atoms with Crippen LogP contribution in [0, 0.1) is 0 Å². The molecule has 1 aliphatic rings. The first-order chi connectivity index (χ1) is 4.83. The maximum Gasteiger partial charge on any atom is 0.222 e. The lowest BCUT2D eigenvalue weighted by molar-refractivity contribution is -0.285. The molecule has 0 spiro atoms. The average Bonchev–Trinajstić information content (AvgIpc) is 2.13. The molecule has 0 aromatic rings. The van der Waals surface area contributed by atoms with E-state index >= 15 is 0 Å². The van der Waals surface area contributed by atoms with Crippen molar-refractivity contribution in [2.24, 2.45) is 0 Å². The van der Waals surface area contributed by atoms with Gasteiger partial charge in [-0.3, -0.25) is 4.79 Å². The molecule has 0 bridgehead atoms. The number of carbonyl (C=O) groups excluding carboxylic acids is 1. The zero-order chi connectivity index (χ0) is 7.40. The van der Waals surface area contributed by atoms with Crippen LogP contribution >= 0.6 is 0 Å². The number of amides is 1. The Morgan fingerprint density at radius 1 is 1.60 bits per heavy atom. The highest BCUT2D eigenvalue weighted by Gasteiger charge is 2.15. The number of rotatable bonds is 1. The zero-order valence-corrected chi connectivity index (χ0v) is 5.67. The van der Waals surface area contributed by atoms with E-state index in [1.807, 2.05) is 0 Å². The molecule has 2 N–H and O–H groups in total. The zero-order valence-electron chi connectivity index (χ0n) is 5.67. The highest BCUT2D eigenvalue weighted by molar-refractivity contribution is 5.76. The van der Waals surface area contributed by atoms with Crippen molar-refractivity contribution in [2.45, 2.75) is 31.9 Å². The van der Waals surface area contributed by atoms with Crippen molar-refractivity contribution in [3.8, 4) is 0 Å². The summed E-state index contributed by atoms with van der Waals surface area (Å²) in [5.41, 5.74) is 0. The third-order valence-corrected chi connectivity index (χ3v) is 1.57. The van der Waals surface area contributed by atoms with Crippen LogP contribution in [0.3, 0.4) is 0 Å². The maximum atomic E-state index is 10.8. The van der Waals surface area contributed by atoms with E-state index in [9.17, 15) is 4.79 Å². The van der Waals surface area contributed by atoms with Crippen LogP contribution in [0.25, 0.3) is 0 Å². The van der Waals surface area contributed by atoms with Crippen molar-refractivity contribution in [3.63, 3.8) is 0 Å². The van der Waals surface area contributed by atoms with Crippen LogP contribution in [0.15, 0.2) is 0 Å². The van der Waals surface area contributed by atoms with Crippen molar-refractivity contribution in [2.75, 3.05) is 0 Å². The Kier molecular flexibility index (Phi) is 2.65. The van der Waals surface area contributed by atoms with Crippen molar-refractivity contribution >= 4 is 5.91 Å². The minimum absolute atomic E-state index is 0.0449. The van der Waals surface area contributed by atoms with E-state index < -0.39 is 6.23 Å². The normalized spacial score (nSPS) is 27.3. The monoisotopic (exact) mass is 145 g/mol. The van der Waals surface area contributed by atoms with Gasteiger partial charge in [-0.15, -0.1) is 0 Å². The fourth-order valence-electron chi connectivity index (χ4n) is 1.02. The van der Waals surface area contributed by atoms with Gasteiger partial charge < -0.3 is 5.32 Å². The molecule has 4 nitrogen and oxygen atoms in total. The summed E-state index contributed by atoms with van der Waals surface area (Å²) in [6.07, 6.45) is 2.55. The molecule has 1 atom stereocenters. The Labute approximate surface area is 59.1 Å². The molecular formula is C6H11NO3. The predicted molar refractivity (Wildman–Crippen MR) is 34.1 cm³/mol. The van der Waals surface area contributed by atoms with Crippen molar-refractivity contribution in [1.29, 1.82) is 0 Å². The smallest absolute Gasteiger partial charge is 0.222 e. The van der Waals surface area contributed by atoms with Gasteiger partial charge in [-0.25, -0.2) is 10.1 Å². The molecule has 58 valence electrons. The number of hydrogen-bond acceptors (Lipinski definition) is 3. The summed E-state index contributed by atoms with van der Waals surface area (Å²) in [5.74, 6) is -0.0449. The second kappa shape index (κ2) is 3.53. The average molecular weight is 145 g/mol. The topological polar surface area (TPSA) is 58.6 Å². The van der Waals surface area contributed by atoms with Gasteiger partial charge in [0.25, 0.3) is 0 Å². The first-order valence-electron chi connectivity index (χ1n) is 3.42. The first kappa shape index (κ1) is 7.50. The number of carbonyl (C=O) groups is 1. The summed E-state index contributed by atoms with van der Waals surface area (Å²) in [6, 6.07) is 0. The molecule has 10 heavy (non-hydrogen) atoms. The van der Waals surface area contributed by atoms with Gasteiger partial charge in [-0.05, 0) is 19.3 Å². The second-order valence-corrected chi connectivity index (χ2v) is 2.41. The molecule has 0 radical (unpaired) electrons. The molecule has 0 aromatic heterocycles. The standard InChI is InChI=1S/C6H11NO3/c8-5-3-1-2-4-6(7-5)10-9/h6,9H,1-4H2,(H,7,8). The highest BCUT2D eigenvalue weighted by Crippen LogP contribution is 2.08. The minimum atomic E-state index is -0.491.